The number of hydrogen-bond acceptors (Lipinski definition) is 4. The lowest BCUT2D eigenvalue weighted by molar-refractivity contribution is -0.118. The lowest BCUT2D eigenvalue weighted by Gasteiger charge is -2.10. The van der Waals surface area contributed by atoms with E-state index < -0.39 is 0 Å². The Morgan fingerprint density at radius 2 is 1.93 bits per heavy atom. The van der Waals surface area contributed by atoms with Gasteiger partial charge < -0.3 is 19.8 Å². The summed E-state index contributed by atoms with van der Waals surface area (Å²) in [6, 6.07) is 12.7. The van der Waals surface area contributed by atoms with Crippen LogP contribution >= 0.6 is 0 Å². The highest BCUT2D eigenvalue weighted by Crippen LogP contribution is 2.27. The third-order valence-electron chi connectivity index (χ3n) is 4.78. The quantitative estimate of drug-likeness (QED) is 0.729. The Morgan fingerprint density at radius 1 is 1.11 bits per heavy atom. The minimum absolute atomic E-state index is 0.0279. The molecule has 0 saturated heterocycles. The van der Waals surface area contributed by atoms with Crippen LogP contribution in [0.1, 0.15) is 17.5 Å². The van der Waals surface area contributed by atoms with Crippen LogP contribution in [0.15, 0.2) is 47.3 Å². The van der Waals surface area contributed by atoms with E-state index in [1.807, 2.05) is 12.1 Å². The first-order valence-electron chi connectivity index (χ1n) is 8.88. The number of nitrogens with one attached hydrogen (secondary N) is 2. The minimum atomic E-state index is -0.277. The highest BCUT2D eigenvalue weighted by Gasteiger charge is 2.18. The topological polar surface area (TPSA) is 80.4 Å². The van der Waals surface area contributed by atoms with Crippen molar-refractivity contribution in [3.8, 4) is 11.5 Å². The zero-order valence-corrected chi connectivity index (χ0v) is 15.0. The van der Waals surface area contributed by atoms with Gasteiger partial charge in [0.15, 0.2) is 6.61 Å². The minimum Gasteiger partial charge on any atom is -0.497 e. The van der Waals surface area contributed by atoms with Gasteiger partial charge in [-0.15, -0.1) is 0 Å². The molecule has 1 aromatic heterocycles. The summed E-state index contributed by atoms with van der Waals surface area (Å²) in [7, 11) is 1.57. The Kier molecular flexibility index (Phi) is 4.54. The van der Waals surface area contributed by atoms with Gasteiger partial charge >= 0.3 is 0 Å². The molecule has 27 heavy (non-hydrogen) atoms. The number of benzene rings is 2. The largest absolute Gasteiger partial charge is 0.497 e. The second-order valence-corrected chi connectivity index (χ2v) is 6.54. The molecule has 6 heteroatoms. The zero-order chi connectivity index (χ0) is 18.8. The van der Waals surface area contributed by atoms with Gasteiger partial charge in [-0.05, 0) is 49.1 Å². The van der Waals surface area contributed by atoms with Gasteiger partial charge in [-0.3, -0.25) is 9.59 Å². The van der Waals surface area contributed by atoms with E-state index in [1.165, 1.54) is 0 Å². The van der Waals surface area contributed by atoms with Crippen molar-refractivity contribution in [2.45, 2.75) is 19.3 Å². The summed E-state index contributed by atoms with van der Waals surface area (Å²) in [5.74, 6) is 0.947. The molecule has 3 aromatic rings. The van der Waals surface area contributed by atoms with Crippen molar-refractivity contribution in [3.63, 3.8) is 0 Å². The summed E-state index contributed by atoms with van der Waals surface area (Å²) in [6.07, 6.45) is 2.77. The molecule has 2 N–H and O–H groups in total. The predicted molar refractivity (Wildman–Crippen MR) is 104 cm³/mol. The molecule has 0 atom stereocenters. The van der Waals surface area contributed by atoms with Gasteiger partial charge in [-0.2, -0.15) is 0 Å². The number of carbonyl (C=O) groups is 1. The van der Waals surface area contributed by atoms with Gasteiger partial charge in [0.1, 0.15) is 11.5 Å². The first-order valence-corrected chi connectivity index (χ1v) is 8.88. The number of hydrogen-bond donors (Lipinski definition) is 2. The molecule has 4 rings (SSSR count). The molecule has 0 unspecified atom stereocenters. The van der Waals surface area contributed by atoms with E-state index in [4.69, 9.17) is 9.47 Å². The number of rotatable bonds is 5. The average molecular weight is 364 g/mol. The maximum atomic E-state index is 12.2. The van der Waals surface area contributed by atoms with Crippen LogP contribution in [0.25, 0.3) is 10.9 Å². The van der Waals surface area contributed by atoms with Crippen LogP contribution in [0.4, 0.5) is 5.69 Å². The molecule has 1 amide bonds. The zero-order valence-electron chi connectivity index (χ0n) is 15.0. The number of anilines is 1. The van der Waals surface area contributed by atoms with E-state index in [2.05, 4.69) is 10.3 Å². The molecule has 0 bridgehead atoms. The van der Waals surface area contributed by atoms with Crippen molar-refractivity contribution in [1.82, 2.24) is 4.98 Å². The summed E-state index contributed by atoms with van der Waals surface area (Å²) in [5, 5.41) is 3.85. The maximum Gasteiger partial charge on any atom is 0.262 e. The lowest BCUT2D eigenvalue weighted by Crippen LogP contribution is -2.20. The van der Waals surface area contributed by atoms with Crippen molar-refractivity contribution in [2.24, 2.45) is 0 Å². The first-order chi connectivity index (χ1) is 13.1. The van der Waals surface area contributed by atoms with Gasteiger partial charge in [-0.25, -0.2) is 0 Å². The number of H-pyrrole nitrogens is 1. The van der Waals surface area contributed by atoms with Gasteiger partial charge in [0.05, 0.1) is 12.6 Å². The lowest BCUT2D eigenvalue weighted by atomic mass is 10.1. The number of pyridine rings is 1. The summed E-state index contributed by atoms with van der Waals surface area (Å²) >= 11 is 0. The molecule has 0 saturated carbocycles. The van der Waals surface area contributed by atoms with Crippen molar-refractivity contribution < 1.29 is 14.3 Å². The molecule has 0 radical (unpaired) electrons. The van der Waals surface area contributed by atoms with Crippen LogP contribution in [0, 0.1) is 0 Å². The third kappa shape index (κ3) is 3.51. The molecular weight excluding hydrogens is 344 g/mol. The second kappa shape index (κ2) is 7.15. The predicted octanol–water partition coefficient (Wildman–Crippen LogP) is 3.04. The highest BCUT2D eigenvalue weighted by atomic mass is 16.5. The maximum absolute atomic E-state index is 12.2. The molecule has 1 aliphatic carbocycles. The number of aromatic amines is 1. The molecular formula is C21H20N2O4. The molecule has 0 aliphatic heterocycles. The van der Waals surface area contributed by atoms with Crippen LogP contribution in [-0.4, -0.2) is 24.6 Å². The standard InChI is InChI=1S/C21H20N2O4/c1-26-14-4-2-5-15(11-14)27-12-20(24)22-13-8-9-17-16-6-3-7-18(16)21(25)23-19(17)10-13/h2,4-5,8-11H,3,6-7,12H2,1H3,(H,22,24)(H,23,25). The van der Waals surface area contributed by atoms with E-state index in [0.717, 1.165) is 41.3 Å². The number of ether oxygens (including phenoxy) is 2. The summed E-state index contributed by atoms with van der Waals surface area (Å²) < 4.78 is 10.6. The Morgan fingerprint density at radius 3 is 2.78 bits per heavy atom. The van der Waals surface area contributed by atoms with Gasteiger partial charge in [0.25, 0.3) is 11.5 Å². The van der Waals surface area contributed by atoms with Gasteiger partial charge in [-0.1, -0.05) is 12.1 Å². The fourth-order valence-corrected chi connectivity index (χ4v) is 3.51. The van der Waals surface area contributed by atoms with E-state index in [9.17, 15) is 9.59 Å². The Hall–Kier alpha value is -3.28. The van der Waals surface area contributed by atoms with Crippen LogP contribution in [0.5, 0.6) is 11.5 Å². The third-order valence-corrected chi connectivity index (χ3v) is 4.78. The smallest absolute Gasteiger partial charge is 0.262 e. The van der Waals surface area contributed by atoms with Crippen LogP contribution < -0.4 is 20.3 Å². The summed E-state index contributed by atoms with van der Waals surface area (Å²) in [6.45, 7) is -0.119. The number of aromatic nitrogens is 1. The van der Waals surface area contributed by atoms with Crippen molar-refractivity contribution >= 4 is 22.5 Å². The average Bonchev–Trinajstić information content (AvgIpc) is 3.17. The van der Waals surface area contributed by atoms with Crippen LogP contribution in [0.3, 0.4) is 0 Å². The van der Waals surface area contributed by atoms with E-state index >= 15 is 0 Å². The monoisotopic (exact) mass is 364 g/mol. The Labute approximate surface area is 156 Å². The van der Waals surface area contributed by atoms with Crippen molar-refractivity contribution in [3.05, 3.63) is 63.9 Å². The molecule has 2 aromatic carbocycles. The Balaban J connectivity index is 1.47. The number of methoxy groups -OCH3 is 1. The molecule has 6 nitrogen and oxygen atoms in total. The summed E-state index contributed by atoms with van der Waals surface area (Å²) in [5.41, 5.74) is 3.36. The fourth-order valence-electron chi connectivity index (χ4n) is 3.51. The van der Waals surface area contributed by atoms with E-state index in [1.54, 1.807) is 37.4 Å². The Bertz CT molecular complexity index is 1070. The molecule has 1 heterocycles. The van der Waals surface area contributed by atoms with Crippen LogP contribution in [-0.2, 0) is 17.6 Å². The number of aryl methyl sites for hydroxylation is 1. The normalized spacial score (nSPS) is 12.6. The molecule has 0 fully saturated rings. The summed E-state index contributed by atoms with van der Waals surface area (Å²) in [4.78, 5) is 27.3. The van der Waals surface area contributed by atoms with Crippen LogP contribution in [0.2, 0.25) is 0 Å². The van der Waals surface area contributed by atoms with E-state index in [0.29, 0.717) is 17.2 Å². The van der Waals surface area contributed by atoms with Gasteiger partial charge in [0.2, 0.25) is 0 Å². The van der Waals surface area contributed by atoms with Crippen molar-refractivity contribution in [1.29, 1.82) is 0 Å². The van der Waals surface area contributed by atoms with E-state index in [-0.39, 0.29) is 18.1 Å². The number of fused-ring (bicyclic) bond motifs is 3. The fraction of sp³-hybridized carbons (Fsp3) is 0.238. The SMILES string of the molecule is COc1cccc(OCC(=O)Nc2ccc3c4c(c(=O)[nH]c3c2)CCC4)c1. The molecule has 138 valence electrons. The molecule has 1 aliphatic rings. The highest BCUT2D eigenvalue weighted by molar-refractivity contribution is 5.95. The first kappa shape index (κ1) is 17.1. The number of amides is 1. The molecule has 0 spiro atoms. The van der Waals surface area contributed by atoms with Gasteiger partial charge in [0, 0.05) is 22.7 Å². The second-order valence-electron chi connectivity index (χ2n) is 6.54. The van der Waals surface area contributed by atoms with Crippen molar-refractivity contribution in [2.75, 3.05) is 19.0 Å². The number of carbonyl (C=O) groups excluding carboxylic acids is 1.